The highest BCUT2D eigenvalue weighted by molar-refractivity contribution is 6.33. The van der Waals surface area contributed by atoms with Gasteiger partial charge in [0.1, 0.15) is 11.4 Å². The van der Waals surface area contributed by atoms with Crippen LogP contribution < -0.4 is 4.74 Å². The Kier molecular flexibility index (Phi) is 2.81. The number of rotatable bonds is 1. The minimum absolute atomic E-state index is 0.235. The number of benzene rings is 1. The minimum Gasteiger partial charge on any atom is -0.482 e. The molecule has 1 saturated heterocycles. The van der Waals surface area contributed by atoms with E-state index in [1.807, 2.05) is 13.8 Å². The van der Waals surface area contributed by atoms with Crippen molar-refractivity contribution in [2.24, 2.45) is 5.18 Å². The van der Waals surface area contributed by atoms with Crippen molar-refractivity contribution >= 4 is 17.3 Å². The van der Waals surface area contributed by atoms with Gasteiger partial charge in [0.2, 0.25) is 0 Å². The molecule has 6 heteroatoms. The first-order valence-corrected chi connectivity index (χ1v) is 6.44. The van der Waals surface area contributed by atoms with Crippen molar-refractivity contribution in [2.45, 2.75) is 31.7 Å². The van der Waals surface area contributed by atoms with Gasteiger partial charge in [0.15, 0.2) is 11.4 Å². The second-order valence-corrected chi connectivity index (χ2v) is 5.85. The van der Waals surface area contributed by atoms with E-state index in [0.717, 1.165) is 5.56 Å². The summed E-state index contributed by atoms with van der Waals surface area (Å²) in [6, 6.07) is 3.29. The van der Waals surface area contributed by atoms with Crippen LogP contribution in [0.25, 0.3) is 0 Å². The molecule has 0 aliphatic carbocycles. The molecule has 1 aromatic rings. The average molecular weight is 284 g/mol. The molecule has 1 spiro atoms. The molecule has 2 aliphatic heterocycles. The summed E-state index contributed by atoms with van der Waals surface area (Å²) in [5, 5.41) is 3.20. The van der Waals surface area contributed by atoms with Gasteiger partial charge in [-0.2, -0.15) is 0 Å². The van der Waals surface area contributed by atoms with Crippen molar-refractivity contribution in [3.8, 4) is 5.75 Å². The van der Waals surface area contributed by atoms with Gasteiger partial charge in [0, 0.05) is 18.1 Å². The summed E-state index contributed by atoms with van der Waals surface area (Å²) in [6.45, 7) is 4.62. The van der Waals surface area contributed by atoms with E-state index < -0.39 is 11.4 Å². The predicted octanol–water partition coefficient (Wildman–Crippen LogP) is 3.19. The monoisotopic (exact) mass is 283 g/mol. The standard InChI is InChI=1S/C13H14ClNO4/c1-12(2)17-6-13(7-18-12)5-8-3-10(15-16)9(14)4-11(8)19-13/h3-4H,5-7H2,1-2H3. The molecule has 0 bridgehead atoms. The van der Waals surface area contributed by atoms with E-state index in [4.69, 9.17) is 25.8 Å². The lowest BCUT2D eigenvalue weighted by molar-refractivity contribution is -0.292. The molecule has 1 fully saturated rings. The molecule has 0 aromatic heterocycles. The van der Waals surface area contributed by atoms with Crippen LogP contribution in [0.3, 0.4) is 0 Å². The van der Waals surface area contributed by atoms with Gasteiger partial charge in [-0.05, 0) is 25.1 Å². The Bertz CT molecular complexity index is 534. The molecular formula is C13H14ClNO4. The first-order chi connectivity index (χ1) is 8.93. The zero-order chi connectivity index (χ0) is 13.7. The summed E-state index contributed by atoms with van der Waals surface area (Å²) in [6.07, 6.45) is 0.623. The Labute approximate surface area is 115 Å². The molecule has 0 saturated carbocycles. The lowest BCUT2D eigenvalue weighted by atomic mass is 9.97. The Morgan fingerprint density at radius 2 is 1.95 bits per heavy atom. The summed E-state index contributed by atoms with van der Waals surface area (Å²) < 4.78 is 17.2. The maximum Gasteiger partial charge on any atom is 0.163 e. The molecule has 102 valence electrons. The molecule has 0 amide bonds. The summed E-state index contributed by atoms with van der Waals surface area (Å²) >= 11 is 5.94. The maximum absolute atomic E-state index is 10.7. The van der Waals surface area contributed by atoms with Gasteiger partial charge in [-0.15, -0.1) is 4.91 Å². The van der Waals surface area contributed by atoms with E-state index >= 15 is 0 Å². The zero-order valence-corrected chi connectivity index (χ0v) is 11.5. The molecule has 2 heterocycles. The number of nitroso groups, excluding NO2 is 1. The summed E-state index contributed by atoms with van der Waals surface area (Å²) in [7, 11) is 0. The van der Waals surface area contributed by atoms with Gasteiger partial charge in [0.05, 0.1) is 18.2 Å². The van der Waals surface area contributed by atoms with Crippen molar-refractivity contribution in [2.75, 3.05) is 13.2 Å². The Morgan fingerprint density at radius 3 is 2.58 bits per heavy atom. The lowest BCUT2D eigenvalue weighted by Gasteiger charge is -2.40. The fraction of sp³-hybridized carbons (Fsp3) is 0.538. The zero-order valence-electron chi connectivity index (χ0n) is 10.7. The molecule has 19 heavy (non-hydrogen) atoms. The van der Waals surface area contributed by atoms with Crippen molar-refractivity contribution in [3.63, 3.8) is 0 Å². The van der Waals surface area contributed by atoms with Crippen LogP contribution in [-0.4, -0.2) is 24.6 Å². The van der Waals surface area contributed by atoms with Gasteiger partial charge in [0.25, 0.3) is 0 Å². The Hall–Kier alpha value is -1.17. The van der Waals surface area contributed by atoms with Crippen LogP contribution in [0.5, 0.6) is 5.75 Å². The van der Waals surface area contributed by atoms with E-state index in [1.165, 1.54) is 0 Å². The van der Waals surface area contributed by atoms with E-state index in [0.29, 0.717) is 30.4 Å². The first kappa shape index (κ1) is 12.8. The van der Waals surface area contributed by atoms with E-state index in [2.05, 4.69) is 5.18 Å². The maximum atomic E-state index is 10.7. The largest absolute Gasteiger partial charge is 0.482 e. The molecule has 0 N–H and O–H groups in total. The predicted molar refractivity (Wildman–Crippen MR) is 70.0 cm³/mol. The van der Waals surface area contributed by atoms with Crippen LogP contribution in [0.1, 0.15) is 19.4 Å². The summed E-state index contributed by atoms with van der Waals surface area (Å²) in [5.41, 5.74) is 0.618. The smallest absolute Gasteiger partial charge is 0.163 e. The molecule has 0 radical (unpaired) electrons. The number of fused-ring (bicyclic) bond motifs is 1. The van der Waals surface area contributed by atoms with Gasteiger partial charge in [-0.25, -0.2) is 0 Å². The molecule has 1 aromatic carbocycles. The van der Waals surface area contributed by atoms with Crippen LogP contribution in [0.15, 0.2) is 17.3 Å². The quantitative estimate of drug-likeness (QED) is 0.743. The van der Waals surface area contributed by atoms with Gasteiger partial charge in [-0.3, -0.25) is 0 Å². The summed E-state index contributed by atoms with van der Waals surface area (Å²) in [5.74, 6) is 0.0839. The number of ether oxygens (including phenoxy) is 3. The van der Waals surface area contributed by atoms with Crippen LogP contribution in [0.2, 0.25) is 5.02 Å². The molecule has 0 atom stereocenters. The first-order valence-electron chi connectivity index (χ1n) is 6.06. The van der Waals surface area contributed by atoms with Crippen molar-refractivity contribution < 1.29 is 14.2 Å². The second-order valence-electron chi connectivity index (χ2n) is 5.44. The molecule has 2 aliphatic rings. The molecule has 0 unspecified atom stereocenters. The van der Waals surface area contributed by atoms with Crippen molar-refractivity contribution in [1.29, 1.82) is 0 Å². The third-order valence-electron chi connectivity index (χ3n) is 3.43. The fourth-order valence-corrected chi connectivity index (χ4v) is 2.55. The minimum atomic E-state index is -0.587. The highest BCUT2D eigenvalue weighted by Crippen LogP contribution is 2.43. The topological polar surface area (TPSA) is 57.1 Å². The highest BCUT2D eigenvalue weighted by atomic mass is 35.5. The number of nitrogens with zero attached hydrogens (tertiary/aromatic N) is 1. The average Bonchev–Trinajstić information content (AvgIpc) is 2.70. The second kappa shape index (κ2) is 4.16. The molecular weight excluding hydrogens is 270 g/mol. The molecule has 3 rings (SSSR count). The van der Waals surface area contributed by atoms with Crippen LogP contribution in [0.4, 0.5) is 5.69 Å². The summed E-state index contributed by atoms with van der Waals surface area (Å²) in [4.78, 5) is 10.7. The van der Waals surface area contributed by atoms with Crippen LogP contribution in [0, 0.1) is 4.91 Å². The molecule has 5 nitrogen and oxygen atoms in total. The third kappa shape index (κ3) is 2.22. The van der Waals surface area contributed by atoms with Crippen molar-refractivity contribution in [1.82, 2.24) is 0 Å². The lowest BCUT2D eigenvalue weighted by Crippen LogP contribution is -2.54. The highest BCUT2D eigenvalue weighted by Gasteiger charge is 2.46. The number of hydrogen-bond acceptors (Lipinski definition) is 5. The number of halogens is 1. The Morgan fingerprint density at radius 1 is 1.26 bits per heavy atom. The number of hydrogen-bond donors (Lipinski definition) is 0. The third-order valence-corrected chi connectivity index (χ3v) is 3.74. The van der Waals surface area contributed by atoms with Gasteiger partial charge in [-0.1, -0.05) is 11.6 Å². The van der Waals surface area contributed by atoms with E-state index in [-0.39, 0.29) is 5.69 Å². The fourth-order valence-electron chi connectivity index (χ4n) is 2.36. The van der Waals surface area contributed by atoms with Crippen LogP contribution in [-0.2, 0) is 15.9 Å². The Balaban J connectivity index is 1.86. The SMILES string of the molecule is CC1(C)OCC2(CO1)Cc1cc(N=O)c(Cl)cc1O2. The normalized spacial score (nSPS) is 22.9. The van der Waals surface area contributed by atoms with E-state index in [1.54, 1.807) is 12.1 Å². The van der Waals surface area contributed by atoms with Gasteiger partial charge < -0.3 is 14.2 Å². The van der Waals surface area contributed by atoms with Crippen LogP contribution >= 0.6 is 11.6 Å². The van der Waals surface area contributed by atoms with E-state index in [9.17, 15) is 4.91 Å². The van der Waals surface area contributed by atoms with Crippen molar-refractivity contribution in [3.05, 3.63) is 27.6 Å². The van der Waals surface area contributed by atoms with Gasteiger partial charge >= 0.3 is 0 Å².